The lowest BCUT2D eigenvalue weighted by atomic mass is 9.83. The van der Waals surface area contributed by atoms with E-state index < -0.39 is 19.1 Å². The van der Waals surface area contributed by atoms with Crippen molar-refractivity contribution >= 4 is 25.5 Å². The average Bonchev–Trinajstić information content (AvgIpc) is 2.03. The Balaban J connectivity index is 0. The first-order chi connectivity index (χ1) is 6.07. The number of carboxylic acids is 1. The van der Waals surface area contributed by atoms with Gasteiger partial charge in [-0.2, -0.15) is 0 Å². The van der Waals surface area contributed by atoms with Crippen LogP contribution in [0.5, 0.6) is 0 Å². The van der Waals surface area contributed by atoms with Crippen molar-refractivity contribution in [2.75, 3.05) is 7.05 Å². The van der Waals surface area contributed by atoms with Crippen LogP contribution in [0.2, 0.25) is 6.32 Å². The number of aliphatic carboxylic acids is 1. The molecular weight excluding hydrogens is 208 g/mol. The fraction of sp³-hybridized carbons (Fsp3) is 0.857. The van der Waals surface area contributed by atoms with E-state index in [0.29, 0.717) is 25.6 Å². The lowest BCUT2D eigenvalue weighted by Crippen LogP contribution is -2.33. The van der Waals surface area contributed by atoms with Gasteiger partial charge in [0.1, 0.15) is 6.04 Å². The molecule has 0 aromatic rings. The minimum atomic E-state index is -1.28. The van der Waals surface area contributed by atoms with Crippen LogP contribution < -0.4 is 5.32 Å². The lowest BCUT2D eigenvalue weighted by molar-refractivity contribution is -0.139. The van der Waals surface area contributed by atoms with Gasteiger partial charge in [-0.05, 0) is 19.8 Å². The van der Waals surface area contributed by atoms with Crippen molar-refractivity contribution in [2.24, 2.45) is 0 Å². The molecule has 0 spiro atoms. The van der Waals surface area contributed by atoms with Gasteiger partial charge in [0, 0.05) is 0 Å². The number of halogens is 1. The van der Waals surface area contributed by atoms with Gasteiger partial charge in [-0.3, -0.25) is 4.79 Å². The Hall–Kier alpha value is -0.295. The molecule has 0 aliphatic carbocycles. The highest BCUT2D eigenvalue weighted by Gasteiger charge is 2.14. The number of hydrogen-bond acceptors (Lipinski definition) is 4. The van der Waals surface area contributed by atoms with Crippen molar-refractivity contribution in [1.82, 2.24) is 5.32 Å². The molecule has 1 unspecified atom stereocenters. The molecule has 0 aliphatic rings. The van der Waals surface area contributed by atoms with E-state index in [-0.39, 0.29) is 12.4 Å². The first-order valence-electron chi connectivity index (χ1n) is 4.34. The molecule has 1 atom stereocenters. The van der Waals surface area contributed by atoms with Crippen molar-refractivity contribution in [3.8, 4) is 0 Å². The fourth-order valence-corrected chi connectivity index (χ4v) is 1.07. The van der Waals surface area contributed by atoms with Gasteiger partial charge in [-0.15, -0.1) is 12.4 Å². The average molecular weight is 225 g/mol. The molecule has 0 aromatic heterocycles. The van der Waals surface area contributed by atoms with Crippen LogP contribution >= 0.6 is 12.4 Å². The summed E-state index contributed by atoms with van der Waals surface area (Å²) < 4.78 is 0. The minimum Gasteiger partial charge on any atom is -0.480 e. The fourth-order valence-electron chi connectivity index (χ4n) is 1.07. The highest BCUT2D eigenvalue weighted by Crippen LogP contribution is 2.04. The van der Waals surface area contributed by atoms with Gasteiger partial charge in [-0.25, -0.2) is 0 Å². The third-order valence-electron chi connectivity index (χ3n) is 1.85. The number of carboxylic acid groups (broad SMARTS) is 1. The Morgan fingerprint density at radius 3 is 2.36 bits per heavy atom. The second-order valence-electron chi connectivity index (χ2n) is 2.94. The Morgan fingerprint density at radius 1 is 1.43 bits per heavy atom. The molecule has 7 heteroatoms. The van der Waals surface area contributed by atoms with Gasteiger partial charge in [0.2, 0.25) is 0 Å². The van der Waals surface area contributed by atoms with Crippen LogP contribution in [0.15, 0.2) is 0 Å². The molecule has 0 saturated heterocycles. The zero-order valence-corrected chi connectivity index (χ0v) is 8.96. The Labute approximate surface area is 90.1 Å². The normalized spacial score (nSPS) is 11.6. The van der Waals surface area contributed by atoms with E-state index in [1.807, 2.05) is 0 Å². The summed E-state index contributed by atoms with van der Waals surface area (Å²) in [5, 5.41) is 28.3. The van der Waals surface area contributed by atoms with Gasteiger partial charge in [0.15, 0.2) is 0 Å². The molecule has 5 nitrogen and oxygen atoms in total. The molecule has 0 bridgehead atoms. The summed E-state index contributed by atoms with van der Waals surface area (Å²) in [6.45, 7) is 0. The number of rotatable bonds is 7. The third kappa shape index (κ3) is 8.31. The predicted octanol–water partition coefficient (Wildman–Crippen LogP) is -0.276. The second-order valence-corrected chi connectivity index (χ2v) is 2.94. The summed E-state index contributed by atoms with van der Waals surface area (Å²) in [4.78, 5) is 10.5. The highest BCUT2D eigenvalue weighted by molar-refractivity contribution is 6.40. The first kappa shape index (κ1) is 16.1. The van der Waals surface area contributed by atoms with Crippen molar-refractivity contribution in [2.45, 2.75) is 31.6 Å². The highest BCUT2D eigenvalue weighted by atomic mass is 35.5. The smallest absolute Gasteiger partial charge is 0.451 e. The predicted molar refractivity (Wildman–Crippen MR) is 56.6 cm³/mol. The van der Waals surface area contributed by atoms with Crippen LogP contribution in [0.4, 0.5) is 0 Å². The van der Waals surface area contributed by atoms with Gasteiger partial charge < -0.3 is 20.5 Å². The largest absolute Gasteiger partial charge is 0.480 e. The number of carbonyl (C=O) groups is 1. The SMILES string of the molecule is CNC(CCCCB(O)O)C(=O)O.Cl. The number of hydrogen-bond donors (Lipinski definition) is 4. The number of unbranched alkanes of at least 4 members (excludes halogenated alkanes) is 1. The molecule has 0 radical (unpaired) electrons. The number of likely N-dealkylation sites (N-methyl/N-ethyl adjacent to an activating group) is 1. The van der Waals surface area contributed by atoms with E-state index in [1.54, 1.807) is 7.05 Å². The summed E-state index contributed by atoms with van der Waals surface area (Å²) in [5.41, 5.74) is 0. The molecular formula is C7H17BClNO4. The van der Waals surface area contributed by atoms with Crippen molar-refractivity contribution in [3.05, 3.63) is 0 Å². The minimum absolute atomic E-state index is 0. The second kappa shape index (κ2) is 9.27. The Kier molecular flexibility index (Phi) is 10.7. The summed E-state index contributed by atoms with van der Waals surface area (Å²) in [6, 6.07) is -0.532. The Morgan fingerprint density at radius 2 is 2.00 bits per heavy atom. The number of nitrogens with one attached hydrogen (secondary N) is 1. The van der Waals surface area contributed by atoms with E-state index in [9.17, 15) is 4.79 Å². The zero-order chi connectivity index (χ0) is 10.3. The van der Waals surface area contributed by atoms with E-state index in [1.165, 1.54) is 0 Å². The van der Waals surface area contributed by atoms with Crippen LogP contribution in [0.25, 0.3) is 0 Å². The van der Waals surface area contributed by atoms with Crippen molar-refractivity contribution in [1.29, 1.82) is 0 Å². The van der Waals surface area contributed by atoms with E-state index in [2.05, 4.69) is 5.32 Å². The maximum Gasteiger partial charge on any atom is 0.451 e. The van der Waals surface area contributed by atoms with Gasteiger partial charge in [0.05, 0.1) is 0 Å². The Bertz CT molecular complexity index is 159. The van der Waals surface area contributed by atoms with E-state index >= 15 is 0 Å². The van der Waals surface area contributed by atoms with Crippen LogP contribution in [0.1, 0.15) is 19.3 Å². The van der Waals surface area contributed by atoms with Gasteiger partial charge in [0.25, 0.3) is 0 Å². The molecule has 0 heterocycles. The third-order valence-corrected chi connectivity index (χ3v) is 1.85. The summed E-state index contributed by atoms with van der Waals surface area (Å²) in [6.07, 6.45) is 2.12. The van der Waals surface area contributed by atoms with Crippen LogP contribution in [0.3, 0.4) is 0 Å². The van der Waals surface area contributed by atoms with E-state index in [0.717, 1.165) is 0 Å². The maximum atomic E-state index is 10.5. The van der Waals surface area contributed by atoms with Gasteiger partial charge in [-0.1, -0.05) is 12.8 Å². The molecule has 0 amide bonds. The summed E-state index contributed by atoms with van der Waals surface area (Å²) >= 11 is 0. The van der Waals surface area contributed by atoms with E-state index in [4.69, 9.17) is 15.2 Å². The molecule has 0 saturated carbocycles. The first-order valence-corrected chi connectivity index (χ1v) is 4.34. The quantitative estimate of drug-likeness (QED) is 0.354. The molecule has 14 heavy (non-hydrogen) atoms. The van der Waals surface area contributed by atoms with Gasteiger partial charge >= 0.3 is 13.1 Å². The molecule has 0 aromatic carbocycles. The monoisotopic (exact) mass is 225 g/mol. The lowest BCUT2D eigenvalue weighted by Gasteiger charge is -2.09. The molecule has 0 aliphatic heterocycles. The van der Waals surface area contributed by atoms with Crippen LogP contribution in [0, 0.1) is 0 Å². The molecule has 84 valence electrons. The summed E-state index contributed by atoms with van der Waals surface area (Å²) in [5.74, 6) is -0.868. The molecule has 0 fully saturated rings. The molecule has 4 N–H and O–H groups in total. The standard InChI is InChI=1S/C7H16BNO4.ClH/c1-9-6(7(10)11)4-2-3-5-8(12)13;/h6,9,12-13H,2-5H2,1H3,(H,10,11);1H. The van der Waals surface area contributed by atoms with Crippen molar-refractivity contribution < 1.29 is 19.9 Å². The van der Waals surface area contributed by atoms with Crippen LogP contribution in [-0.2, 0) is 4.79 Å². The summed E-state index contributed by atoms with van der Waals surface area (Å²) in [7, 11) is 0.317. The topological polar surface area (TPSA) is 89.8 Å². The zero-order valence-electron chi connectivity index (χ0n) is 8.14. The van der Waals surface area contributed by atoms with Crippen LogP contribution in [-0.4, -0.2) is 41.3 Å². The maximum absolute atomic E-state index is 10.5. The molecule has 0 rings (SSSR count). The van der Waals surface area contributed by atoms with Crippen molar-refractivity contribution in [3.63, 3.8) is 0 Å².